The van der Waals surface area contributed by atoms with Gasteiger partial charge < -0.3 is 14.4 Å². The van der Waals surface area contributed by atoms with Crippen molar-refractivity contribution in [1.29, 1.82) is 0 Å². The van der Waals surface area contributed by atoms with Gasteiger partial charge in [-0.3, -0.25) is 0 Å². The van der Waals surface area contributed by atoms with E-state index in [1.165, 1.54) is 11.1 Å². The van der Waals surface area contributed by atoms with Crippen molar-refractivity contribution in [3.05, 3.63) is 65.7 Å². The smallest absolute Gasteiger partial charge is 0.119 e. The summed E-state index contributed by atoms with van der Waals surface area (Å²) in [5.41, 5.74) is 2.40. The Morgan fingerprint density at radius 3 is 2.33 bits per heavy atom. The largest absolute Gasteiger partial charge is 0.497 e. The lowest BCUT2D eigenvalue weighted by Gasteiger charge is -2.36. The van der Waals surface area contributed by atoms with Crippen LogP contribution in [0.15, 0.2) is 54.6 Å². The van der Waals surface area contributed by atoms with Gasteiger partial charge in [0.25, 0.3) is 0 Å². The van der Waals surface area contributed by atoms with Gasteiger partial charge in [-0.05, 0) is 30.3 Å². The number of ether oxygens (including phenoxy) is 2. The maximum Gasteiger partial charge on any atom is 0.119 e. The zero-order chi connectivity index (χ0) is 14.7. The summed E-state index contributed by atoms with van der Waals surface area (Å²) in [5.74, 6) is 0.876. The van der Waals surface area contributed by atoms with Crippen molar-refractivity contribution in [3.8, 4) is 5.75 Å². The Hall–Kier alpha value is -1.84. The quantitative estimate of drug-likeness (QED) is 0.861. The third-order valence-electron chi connectivity index (χ3n) is 3.92. The van der Waals surface area contributed by atoms with Gasteiger partial charge in [0.1, 0.15) is 5.75 Å². The van der Waals surface area contributed by atoms with Gasteiger partial charge in [0.05, 0.1) is 19.3 Å². The molecule has 0 aromatic heterocycles. The lowest BCUT2D eigenvalue weighted by atomic mass is 10.0. The van der Waals surface area contributed by atoms with Gasteiger partial charge in [0, 0.05) is 13.1 Å². The van der Waals surface area contributed by atoms with Crippen LogP contribution in [0.25, 0.3) is 0 Å². The Morgan fingerprint density at radius 1 is 0.952 bits per heavy atom. The van der Waals surface area contributed by atoms with Crippen molar-refractivity contribution in [2.75, 3.05) is 27.2 Å². The minimum Gasteiger partial charge on any atom is -0.497 e. The van der Waals surface area contributed by atoms with E-state index in [0.29, 0.717) is 0 Å². The van der Waals surface area contributed by atoms with Crippen molar-refractivity contribution < 1.29 is 9.47 Å². The molecule has 2 aromatic rings. The second-order valence-electron chi connectivity index (χ2n) is 5.52. The average Bonchev–Trinajstić information content (AvgIpc) is 2.55. The Morgan fingerprint density at radius 2 is 1.62 bits per heavy atom. The number of rotatable bonds is 3. The van der Waals surface area contributed by atoms with Gasteiger partial charge in [-0.2, -0.15) is 0 Å². The van der Waals surface area contributed by atoms with Crippen LogP contribution in [0.4, 0.5) is 0 Å². The first kappa shape index (κ1) is 14.1. The molecular formula is C18H21NO2. The fourth-order valence-electron chi connectivity index (χ4n) is 2.80. The number of nitrogens with zero attached hydrogens (tertiary/aromatic N) is 1. The van der Waals surface area contributed by atoms with Gasteiger partial charge in [0.15, 0.2) is 0 Å². The first-order valence-corrected chi connectivity index (χ1v) is 7.29. The molecule has 1 aliphatic rings. The maximum atomic E-state index is 6.33. The lowest BCUT2D eigenvalue weighted by molar-refractivity contribution is -0.0827. The molecule has 0 N–H and O–H groups in total. The van der Waals surface area contributed by atoms with Crippen LogP contribution in [-0.2, 0) is 4.74 Å². The van der Waals surface area contributed by atoms with Gasteiger partial charge >= 0.3 is 0 Å². The number of morpholine rings is 1. The number of hydrogen-bond donors (Lipinski definition) is 0. The number of methoxy groups -OCH3 is 1. The Balaban J connectivity index is 1.82. The summed E-state index contributed by atoms with van der Waals surface area (Å²) in [7, 11) is 3.84. The normalized spacial score (nSPS) is 23.0. The van der Waals surface area contributed by atoms with Crippen LogP contribution in [0, 0.1) is 0 Å². The minimum atomic E-state index is 0.0732. The molecule has 0 amide bonds. The molecule has 0 bridgehead atoms. The molecule has 1 saturated heterocycles. The van der Waals surface area contributed by atoms with Crippen LogP contribution < -0.4 is 4.74 Å². The predicted octanol–water partition coefficient (Wildman–Crippen LogP) is 3.44. The lowest BCUT2D eigenvalue weighted by Crippen LogP contribution is -2.37. The van der Waals surface area contributed by atoms with Crippen molar-refractivity contribution in [1.82, 2.24) is 4.90 Å². The fourth-order valence-corrected chi connectivity index (χ4v) is 2.80. The maximum absolute atomic E-state index is 6.33. The second kappa shape index (κ2) is 6.29. The van der Waals surface area contributed by atoms with E-state index in [1.807, 2.05) is 18.2 Å². The van der Waals surface area contributed by atoms with Crippen molar-refractivity contribution in [2.24, 2.45) is 0 Å². The zero-order valence-electron chi connectivity index (χ0n) is 12.5. The van der Waals surface area contributed by atoms with Gasteiger partial charge in [0.2, 0.25) is 0 Å². The van der Waals surface area contributed by atoms with Crippen LogP contribution in [0.3, 0.4) is 0 Å². The molecule has 0 saturated carbocycles. The van der Waals surface area contributed by atoms with Crippen LogP contribution >= 0.6 is 0 Å². The van der Waals surface area contributed by atoms with Crippen LogP contribution in [0.5, 0.6) is 5.75 Å². The molecule has 3 rings (SSSR count). The molecule has 2 atom stereocenters. The first-order valence-electron chi connectivity index (χ1n) is 7.29. The topological polar surface area (TPSA) is 21.7 Å². The van der Waals surface area contributed by atoms with Crippen molar-refractivity contribution in [3.63, 3.8) is 0 Å². The number of likely N-dealkylation sites (N-methyl/N-ethyl adjacent to an activating group) is 1. The van der Waals surface area contributed by atoms with E-state index in [2.05, 4.69) is 48.3 Å². The highest BCUT2D eigenvalue weighted by Gasteiger charge is 2.28. The molecule has 0 spiro atoms. The highest BCUT2D eigenvalue weighted by Crippen LogP contribution is 2.33. The van der Waals surface area contributed by atoms with Gasteiger partial charge in [-0.1, -0.05) is 42.5 Å². The van der Waals surface area contributed by atoms with E-state index in [4.69, 9.17) is 9.47 Å². The van der Waals surface area contributed by atoms with E-state index in [-0.39, 0.29) is 12.2 Å². The van der Waals surface area contributed by atoms with Crippen molar-refractivity contribution in [2.45, 2.75) is 12.2 Å². The highest BCUT2D eigenvalue weighted by molar-refractivity contribution is 5.30. The molecule has 3 heteroatoms. The highest BCUT2D eigenvalue weighted by atomic mass is 16.5. The summed E-state index contributed by atoms with van der Waals surface area (Å²) in [4.78, 5) is 2.32. The summed E-state index contributed by atoms with van der Waals surface area (Å²) in [6.07, 6.45) is 0.185. The molecule has 2 aromatic carbocycles. The summed E-state index contributed by atoms with van der Waals surface area (Å²) < 4.78 is 11.6. The second-order valence-corrected chi connectivity index (χ2v) is 5.52. The molecule has 0 aliphatic carbocycles. The minimum absolute atomic E-state index is 0.0732. The number of hydrogen-bond acceptors (Lipinski definition) is 3. The molecule has 2 unspecified atom stereocenters. The van der Waals surface area contributed by atoms with E-state index in [1.54, 1.807) is 7.11 Å². The molecule has 110 valence electrons. The molecule has 21 heavy (non-hydrogen) atoms. The predicted molar refractivity (Wildman–Crippen MR) is 83.5 cm³/mol. The molecule has 0 radical (unpaired) electrons. The van der Waals surface area contributed by atoms with Gasteiger partial charge in [-0.15, -0.1) is 0 Å². The Kier molecular flexibility index (Phi) is 4.23. The third kappa shape index (κ3) is 3.26. The standard InChI is InChI=1S/C18H21NO2/c1-19-12-17(14-7-4-3-5-8-14)21-18(13-19)15-9-6-10-16(11-15)20-2/h3-11,17-18H,12-13H2,1-2H3. The molecule has 3 nitrogen and oxygen atoms in total. The van der Waals surface area contributed by atoms with Gasteiger partial charge in [-0.25, -0.2) is 0 Å². The molecular weight excluding hydrogens is 262 g/mol. The molecule has 1 fully saturated rings. The van der Waals surface area contributed by atoms with Crippen LogP contribution in [0.2, 0.25) is 0 Å². The number of benzene rings is 2. The average molecular weight is 283 g/mol. The summed E-state index contributed by atoms with van der Waals surface area (Å²) in [6, 6.07) is 18.6. The summed E-state index contributed by atoms with van der Waals surface area (Å²) in [5, 5.41) is 0. The zero-order valence-corrected chi connectivity index (χ0v) is 12.5. The van der Waals surface area contributed by atoms with Crippen LogP contribution in [0.1, 0.15) is 23.3 Å². The fraction of sp³-hybridized carbons (Fsp3) is 0.333. The van der Waals surface area contributed by atoms with Crippen LogP contribution in [-0.4, -0.2) is 32.1 Å². The van der Waals surface area contributed by atoms with E-state index < -0.39 is 0 Å². The SMILES string of the molecule is COc1cccc(C2CN(C)CC(c3ccccc3)O2)c1. The van der Waals surface area contributed by atoms with Crippen molar-refractivity contribution >= 4 is 0 Å². The molecule has 1 heterocycles. The van der Waals surface area contributed by atoms with E-state index in [9.17, 15) is 0 Å². The monoisotopic (exact) mass is 283 g/mol. The Bertz CT molecular complexity index is 585. The molecule has 1 aliphatic heterocycles. The van der Waals surface area contributed by atoms with E-state index >= 15 is 0 Å². The summed E-state index contributed by atoms with van der Waals surface area (Å²) in [6.45, 7) is 1.82. The third-order valence-corrected chi connectivity index (χ3v) is 3.92. The van der Waals surface area contributed by atoms with E-state index in [0.717, 1.165) is 18.8 Å². The Labute approximate surface area is 126 Å². The first-order chi connectivity index (χ1) is 10.3. The summed E-state index contributed by atoms with van der Waals surface area (Å²) >= 11 is 0.